The molecule has 0 aliphatic carbocycles. The van der Waals surface area contributed by atoms with Crippen molar-refractivity contribution in [1.82, 2.24) is 14.5 Å². The van der Waals surface area contributed by atoms with Crippen LogP contribution in [-0.2, 0) is 13.0 Å². The molecule has 0 spiro atoms. The minimum absolute atomic E-state index is 0.955. The van der Waals surface area contributed by atoms with Gasteiger partial charge in [0.25, 0.3) is 0 Å². The van der Waals surface area contributed by atoms with Gasteiger partial charge in [-0.2, -0.15) is 0 Å². The zero-order valence-corrected chi connectivity index (χ0v) is 14.5. The van der Waals surface area contributed by atoms with E-state index in [-0.39, 0.29) is 0 Å². The zero-order valence-electron chi connectivity index (χ0n) is 14.5. The highest BCUT2D eigenvalue weighted by Crippen LogP contribution is 2.32. The van der Waals surface area contributed by atoms with E-state index in [1.54, 1.807) is 6.33 Å². The molecule has 4 nitrogen and oxygen atoms in total. The first-order chi connectivity index (χ1) is 11.8. The monoisotopic (exact) mass is 320 g/mol. The second kappa shape index (κ2) is 6.27. The van der Waals surface area contributed by atoms with Gasteiger partial charge in [0, 0.05) is 25.3 Å². The third-order valence-corrected chi connectivity index (χ3v) is 5.26. The summed E-state index contributed by atoms with van der Waals surface area (Å²) in [5.74, 6) is 1.12. The van der Waals surface area contributed by atoms with Gasteiger partial charge in [0.15, 0.2) is 0 Å². The molecule has 3 aromatic rings. The normalized spacial score (nSPS) is 14.7. The Labute approximate surface area is 143 Å². The second-order valence-corrected chi connectivity index (χ2v) is 6.69. The molecule has 0 N–H and O–H groups in total. The van der Waals surface area contributed by atoms with Crippen LogP contribution in [0.3, 0.4) is 0 Å². The first-order valence-corrected chi connectivity index (χ1v) is 8.85. The number of anilines is 1. The van der Waals surface area contributed by atoms with E-state index in [0.717, 1.165) is 37.5 Å². The minimum Gasteiger partial charge on any atom is -0.356 e. The number of benzene rings is 1. The van der Waals surface area contributed by atoms with Gasteiger partial charge in [0.05, 0.1) is 5.39 Å². The second-order valence-electron chi connectivity index (χ2n) is 6.69. The third-order valence-electron chi connectivity index (χ3n) is 5.26. The Morgan fingerprint density at radius 2 is 1.75 bits per heavy atom. The summed E-state index contributed by atoms with van der Waals surface area (Å²) in [6, 6.07) is 10.7. The van der Waals surface area contributed by atoms with Crippen LogP contribution >= 0.6 is 0 Å². The highest BCUT2D eigenvalue weighted by molar-refractivity contribution is 5.92. The van der Waals surface area contributed by atoms with E-state index in [9.17, 15) is 0 Å². The lowest BCUT2D eigenvalue weighted by Crippen LogP contribution is -2.19. The summed E-state index contributed by atoms with van der Waals surface area (Å²) in [6.45, 7) is 7.59. The number of hydrogen-bond donors (Lipinski definition) is 0. The van der Waals surface area contributed by atoms with Crippen LogP contribution in [-0.4, -0.2) is 27.6 Å². The maximum absolute atomic E-state index is 4.63. The van der Waals surface area contributed by atoms with E-state index in [4.69, 9.17) is 0 Å². The molecular formula is C20H24N4. The number of nitrogens with zero attached hydrogens (tertiary/aromatic N) is 4. The van der Waals surface area contributed by atoms with Gasteiger partial charge in [-0.1, -0.05) is 30.3 Å². The molecule has 1 aromatic carbocycles. The summed E-state index contributed by atoms with van der Waals surface area (Å²) in [6.07, 6.45) is 5.28. The summed E-state index contributed by atoms with van der Waals surface area (Å²) in [5.41, 5.74) is 5.07. The van der Waals surface area contributed by atoms with Crippen molar-refractivity contribution in [2.75, 3.05) is 18.0 Å². The Hall–Kier alpha value is -2.36. The molecule has 0 atom stereocenters. The summed E-state index contributed by atoms with van der Waals surface area (Å²) >= 11 is 0. The van der Waals surface area contributed by atoms with Gasteiger partial charge >= 0.3 is 0 Å². The van der Waals surface area contributed by atoms with Crippen molar-refractivity contribution in [3.05, 3.63) is 53.5 Å². The van der Waals surface area contributed by atoms with Gasteiger partial charge in [-0.15, -0.1) is 0 Å². The predicted molar refractivity (Wildman–Crippen MR) is 98.6 cm³/mol. The van der Waals surface area contributed by atoms with Crippen molar-refractivity contribution < 1.29 is 0 Å². The molecule has 1 saturated heterocycles. The van der Waals surface area contributed by atoms with Gasteiger partial charge in [-0.05, 0) is 44.2 Å². The van der Waals surface area contributed by atoms with E-state index >= 15 is 0 Å². The van der Waals surface area contributed by atoms with Crippen LogP contribution in [0.2, 0.25) is 0 Å². The first-order valence-electron chi connectivity index (χ1n) is 8.85. The van der Waals surface area contributed by atoms with Crippen LogP contribution in [0.5, 0.6) is 0 Å². The maximum atomic E-state index is 4.63. The van der Waals surface area contributed by atoms with Gasteiger partial charge in [-0.25, -0.2) is 9.97 Å². The molecule has 24 heavy (non-hydrogen) atoms. The molecular weight excluding hydrogens is 296 g/mol. The lowest BCUT2D eigenvalue weighted by molar-refractivity contribution is 0.694. The topological polar surface area (TPSA) is 34.0 Å². The molecule has 1 aliphatic rings. The molecule has 3 heterocycles. The highest BCUT2D eigenvalue weighted by atomic mass is 15.2. The Kier molecular flexibility index (Phi) is 3.97. The summed E-state index contributed by atoms with van der Waals surface area (Å²) < 4.78 is 2.36. The van der Waals surface area contributed by atoms with E-state index in [1.165, 1.54) is 35.0 Å². The van der Waals surface area contributed by atoms with Gasteiger partial charge in [0.1, 0.15) is 17.8 Å². The quantitative estimate of drug-likeness (QED) is 0.731. The molecule has 0 radical (unpaired) electrons. The van der Waals surface area contributed by atoms with Crippen molar-refractivity contribution in [1.29, 1.82) is 0 Å². The zero-order chi connectivity index (χ0) is 16.5. The molecule has 1 aliphatic heterocycles. The van der Waals surface area contributed by atoms with Gasteiger partial charge < -0.3 is 9.47 Å². The maximum Gasteiger partial charge on any atom is 0.145 e. The molecule has 0 amide bonds. The SMILES string of the molecule is Cc1c(C)n(CCc2ccccc2)c2ncnc(N3CCCC3)c12. The van der Waals surface area contributed by atoms with Crippen molar-refractivity contribution in [2.24, 2.45) is 0 Å². The van der Waals surface area contributed by atoms with Crippen molar-refractivity contribution in [3.8, 4) is 0 Å². The minimum atomic E-state index is 0.955. The fourth-order valence-corrected chi connectivity index (χ4v) is 3.78. The van der Waals surface area contributed by atoms with E-state index in [1.807, 2.05) is 0 Å². The Morgan fingerprint density at radius 3 is 2.50 bits per heavy atom. The lowest BCUT2D eigenvalue weighted by atomic mass is 10.1. The standard InChI is InChI=1S/C20H24N4/c1-15-16(2)24(13-10-17-8-4-3-5-9-17)20-18(15)19(21-14-22-20)23-11-6-7-12-23/h3-5,8-9,14H,6-7,10-13H2,1-2H3. The summed E-state index contributed by atoms with van der Waals surface area (Å²) in [4.78, 5) is 11.7. The Bertz CT molecular complexity index is 845. The van der Waals surface area contributed by atoms with E-state index in [0.29, 0.717) is 0 Å². The van der Waals surface area contributed by atoms with Gasteiger partial charge in [0.2, 0.25) is 0 Å². The van der Waals surface area contributed by atoms with Crippen molar-refractivity contribution in [3.63, 3.8) is 0 Å². The third kappa shape index (κ3) is 2.56. The molecule has 4 rings (SSSR count). The van der Waals surface area contributed by atoms with Crippen LogP contribution in [0.15, 0.2) is 36.7 Å². The first kappa shape index (κ1) is 15.2. The summed E-state index contributed by atoms with van der Waals surface area (Å²) in [7, 11) is 0. The summed E-state index contributed by atoms with van der Waals surface area (Å²) in [5, 5.41) is 1.24. The van der Waals surface area contributed by atoms with E-state index < -0.39 is 0 Å². The van der Waals surface area contributed by atoms with Crippen LogP contribution in [0.4, 0.5) is 5.82 Å². The smallest absolute Gasteiger partial charge is 0.145 e. The van der Waals surface area contributed by atoms with Crippen LogP contribution in [0.25, 0.3) is 11.0 Å². The van der Waals surface area contributed by atoms with Crippen LogP contribution < -0.4 is 4.90 Å². The average Bonchev–Trinajstić information content (AvgIpc) is 3.23. The number of fused-ring (bicyclic) bond motifs is 1. The fraction of sp³-hybridized carbons (Fsp3) is 0.400. The highest BCUT2D eigenvalue weighted by Gasteiger charge is 2.21. The largest absolute Gasteiger partial charge is 0.356 e. The Morgan fingerprint density at radius 1 is 1.00 bits per heavy atom. The predicted octanol–water partition coefficient (Wildman–Crippen LogP) is 3.89. The van der Waals surface area contributed by atoms with Crippen molar-refractivity contribution >= 4 is 16.9 Å². The van der Waals surface area contributed by atoms with Crippen molar-refractivity contribution in [2.45, 2.75) is 39.7 Å². The molecule has 124 valence electrons. The van der Waals surface area contributed by atoms with E-state index in [2.05, 4.69) is 63.6 Å². The molecule has 0 saturated carbocycles. The molecule has 0 bridgehead atoms. The molecule has 0 unspecified atom stereocenters. The molecule has 4 heteroatoms. The number of hydrogen-bond acceptors (Lipinski definition) is 3. The number of rotatable bonds is 4. The van der Waals surface area contributed by atoms with Crippen LogP contribution in [0, 0.1) is 13.8 Å². The lowest BCUT2D eigenvalue weighted by Gasteiger charge is -2.17. The average molecular weight is 320 g/mol. The molecule has 2 aromatic heterocycles. The number of aromatic nitrogens is 3. The Balaban J connectivity index is 1.73. The fourth-order valence-electron chi connectivity index (χ4n) is 3.78. The van der Waals surface area contributed by atoms with Crippen LogP contribution in [0.1, 0.15) is 29.7 Å². The number of aryl methyl sites for hydroxylation is 3. The molecule has 1 fully saturated rings. The van der Waals surface area contributed by atoms with Gasteiger partial charge in [-0.3, -0.25) is 0 Å².